The van der Waals surface area contributed by atoms with Crippen molar-refractivity contribution in [3.8, 4) is 0 Å². The fraction of sp³-hybridized carbons (Fsp3) is 0. The molecule has 0 unspecified atom stereocenters. The highest BCUT2D eigenvalue weighted by Crippen LogP contribution is 2.11. The summed E-state index contributed by atoms with van der Waals surface area (Å²) >= 11 is 3.40. The van der Waals surface area contributed by atoms with Gasteiger partial charge in [-0.3, -0.25) is 0 Å². The van der Waals surface area contributed by atoms with Crippen LogP contribution in [-0.4, -0.2) is 11.1 Å². The zero-order valence-electron chi connectivity index (χ0n) is 8.63. The zero-order chi connectivity index (χ0) is 12.0. The Bertz CT molecular complexity index is 429. The summed E-state index contributed by atoms with van der Waals surface area (Å²) < 4.78 is 0. The number of rotatable bonds is 1. The van der Waals surface area contributed by atoms with Crippen molar-refractivity contribution < 1.29 is 9.90 Å². The van der Waals surface area contributed by atoms with Gasteiger partial charge in [0.25, 0.3) is 0 Å². The zero-order valence-corrected chi connectivity index (χ0v) is 9.52. The summed E-state index contributed by atoms with van der Waals surface area (Å²) in [5, 5.41) is 10.4. The minimum absolute atomic E-state index is 0.130. The molecule has 2 nitrogen and oxygen atoms in total. The van der Waals surface area contributed by atoms with Crippen molar-refractivity contribution in [3.63, 3.8) is 0 Å². The van der Waals surface area contributed by atoms with E-state index in [-0.39, 0.29) is 4.91 Å². The van der Waals surface area contributed by atoms with Gasteiger partial charge in [-0.15, -0.1) is 12.6 Å². The van der Waals surface area contributed by atoms with E-state index in [9.17, 15) is 4.79 Å². The van der Waals surface area contributed by atoms with E-state index < -0.39 is 5.97 Å². The van der Waals surface area contributed by atoms with Crippen LogP contribution in [0.5, 0.6) is 0 Å². The van der Waals surface area contributed by atoms with Crippen molar-refractivity contribution in [1.82, 2.24) is 0 Å². The Balaban J connectivity index is 0.000000187. The van der Waals surface area contributed by atoms with E-state index in [0.29, 0.717) is 0 Å². The monoisotopic (exact) mass is 232 g/mol. The molecule has 0 spiro atoms. The standard InChI is InChI=1S/C10H8.C3H4O2S/c1-2-6-10-8-4-3-7-9(10)5-1;1-2(6)3(4)5/h1-8H;6H,1H2,(H,4,5). The quantitative estimate of drug-likeness (QED) is 0.584. The Morgan fingerprint density at radius 1 is 1.00 bits per heavy atom. The lowest BCUT2D eigenvalue weighted by Crippen LogP contribution is -1.89. The van der Waals surface area contributed by atoms with Gasteiger partial charge in [-0.05, 0) is 10.8 Å². The number of aliphatic carboxylic acids is 1. The molecular weight excluding hydrogens is 220 g/mol. The van der Waals surface area contributed by atoms with E-state index >= 15 is 0 Å². The van der Waals surface area contributed by atoms with Gasteiger partial charge in [-0.1, -0.05) is 55.1 Å². The third kappa shape index (κ3) is 3.79. The molecule has 16 heavy (non-hydrogen) atoms. The van der Waals surface area contributed by atoms with Crippen LogP contribution in [0.2, 0.25) is 0 Å². The first-order valence-electron chi connectivity index (χ1n) is 4.66. The van der Waals surface area contributed by atoms with Gasteiger partial charge in [0, 0.05) is 0 Å². The van der Waals surface area contributed by atoms with Gasteiger partial charge in [0.2, 0.25) is 0 Å². The molecule has 1 N–H and O–H groups in total. The Hall–Kier alpha value is -1.74. The molecule has 82 valence electrons. The lowest BCUT2D eigenvalue weighted by Gasteiger charge is -1.92. The highest BCUT2D eigenvalue weighted by molar-refractivity contribution is 7.85. The predicted molar refractivity (Wildman–Crippen MR) is 69.7 cm³/mol. The van der Waals surface area contributed by atoms with Crippen LogP contribution in [0.15, 0.2) is 60.0 Å². The third-order valence-electron chi connectivity index (χ3n) is 1.91. The molecule has 2 aromatic carbocycles. The van der Waals surface area contributed by atoms with Crippen LogP contribution in [0.3, 0.4) is 0 Å². The van der Waals surface area contributed by atoms with Gasteiger partial charge in [-0.25, -0.2) is 4.79 Å². The van der Waals surface area contributed by atoms with E-state index in [4.69, 9.17) is 5.11 Å². The fourth-order valence-corrected chi connectivity index (χ4v) is 1.13. The number of carboxylic acids is 1. The number of carboxylic acid groups (broad SMARTS) is 1. The molecule has 0 bridgehead atoms. The van der Waals surface area contributed by atoms with E-state index in [1.807, 2.05) is 0 Å². The summed E-state index contributed by atoms with van der Waals surface area (Å²) in [6.07, 6.45) is 0. The molecule has 0 aliphatic carbocycles. The highest BCUT2D eigenvalue weighted by atomic mass is 32.1. The van der Waals surface area contributed by atoms with Crippen molar-refractivity contribution in [1.29, 1.82) is 0 Å². The molecule has 0 amide bonds. The summed E-state index contributed by atoms with van der Waals surface area (Å²) in [6, 6.07) is 16.7. The maximum absolute atomic E-state index is 9.52. The average molecular weight is 232 g/mol. The molecule has 0 aromatic heterocycles. The lowest BCUT2D eigenvalue weighted by molar-refractivity contribution is -0.131. The number of thiol groups is 1. The molecule has 2 rings (SSSR count). The topological polar surface area (TPSA) is 37.3 Å². The van der Waals surface area contributed by atoms with Gasteiger partial charge in [0.15, 0.2) is 0 Å². The van der Waals surface area contributed by atoms with Crippen LogP contribution < -0.4 is 0 Å². The Kier molecular flexibility index (Phi) is 4.61. The first-order valence-corrected chi connectivity index (χ1v) is 5.11. The second-order valence-corrected chi connectivity index (χ2v) is 3.64. The van der Waals surface area contributed by atoms with Crippen LogP contribution in [-0.2, 0) is 4.79 Å². The molecule has 3 heteroatoms. The molecule has 0 radical (unpaired) electrons. The third-order valence-corrected chi connectivity index (χ3v) is 2.10. The number of hydrogen-bond donors (Lipinski definition) is 2. The van der Waals surface area contributed by atoms with Crippen LogP contribution in [0, 0.1) is 0 Å². The van der Waals surface area contributed by atoms with Gasteiger partial charge in [0.1, 0.15) is 0 Å². The summed E-state index contributed by atoms with van der Waals surface area (Å²) in [5.41, 5.74) is 0. The Labute approximate surface area is 99.6 Å². The first-order chi connectivity index (χ1) is 7.61. The molecule has 2 aromatic rings. The van der Waals surface area contributed by atoms with Crippen molar-refractivity contribution in [2.45, 2.75) is 0 Å². The van der Waals surface area contributed by atoms with E-state index in [1.165, 1.54) is 10.8 Å². The second kappa shape index (κ2) is 5.98. The smallest absolute Gasteiger partial charge is 0.341 e. The van der Waals surface area contributed by atoms with Crippen LogP contribution in [0.4, 0.5) is 0 Å². The SMILES string of the molecule is C=C(S)C(=O)O.c1ccc2ccccc2c1. The van der Waals surface area contributed by atoms with Crippen LogP contribution in [0.25, 0.3) is 10.8 Å². The molecular formula is C13H12O2S. The lowest BCUT2D eigenvalue weighted by atomic mass is 10.1. The number of fused-ring (bicyclic) bond motifs is 1. The molecule has 0 heterocycles. The maximum Gasteiger partial charge on any atom is 0.341 e. The molecule has 0 aliphatic heterocycles. The van der Waals surface area contributed by atoms with Crippen LogP contribution >= 0.6 is 12.6 Å². The van der Waals surface area contributed by atoms with Gasteiger partial charge < -0.3 is 5.11 Å². The number of hydrogen-bond acceptors (Lipinski definition) is 2. The van der Waals surface area contributed by atoms with E-state index in [2.05, 4.69) is 67.7 Å². The average Bonchev–Trinajstić information content (AvgIpc) is 2.30. The van der Waals surface area contributed by atoms with Crippen molar-refractivity contribution in [2.75, 3.05) is 0 Å². The molecule has 0 atom stereocenters. The fourth-order valence-electron chi connectivity index (χ4n) is 1.13. The van der Waals surface area contributed by atoms with Crippen molar-refractivity contribution >= 4 is 29.4 Å². The number of carbonyl (C=O) groups is 1. The van der Waals surface area contributed by atoms with Crippen LogP contribution in [0.1, 0.15) is 0 Å². The normalized spacial score (nSPS) is 9.06. The number of benzene rings is 2. The highest BCUT2D eigenvalue weighted by Gasteiger charge is 1.91. The second-order valence-electron chi connectivity index (χ2n) is 3.10. The van der Waals surface area contributed by atoms with E-state index in [1.54, 1.807) is 0 Å². The summed E-state index contributed by atoms with van der Waals surface area (Å²) in [6.45, 7) is 3.02. The summed E-state index contributed by atoms with van der Waals surface area (Å²) in [5.74, 6) is -1.07. The summed E-state index contributed by atoms with van der Waals surface area (Å²) in [4.78, 5) is 9.39. The van der Waals surface area contributed by atoms with Crippen molar-refractivity contribution in [3.05, 3.63) is 60.0 Å². The first kappa shape index (κ1) is 12.3. The van der Waals surface area contributed by atoms with Gasteiger partial charge in [-0.2, -0.15) is 0 Å². The molecule has 0 saturated carbocycles. The largest absolute Gasteiger partial charge is 0.477 e. The maximum atomic E-state index is 9.52. The Morgan fingerprint density at radius 3 is 1.44 bits per heavy atom. The minimum atomic E-state index is -1.07. The van der Waals surface area contributed by atoms with Crippen molar-refractivity contribution in [2.24, 2.45) is 0 Å². The molecule has 0 aliphatic rings. The minimum Gasteiger partial charge on any atom is -0.477 e. The predicted octanol–water partition coefficient (Wildman–Crippen LogP) is 3.35. The van der Waals surface area contributed by atoms with Gasteiger partial charge in [0.05, 0.1) is 4.91 Å². The van der Waals surface area contributed by atoms with Gasteiger partial charge >= 0.3 is 5.97 Å². The Morgan fingerprint density at radius 2 is 1.25 bits per heavy atom. The van der Waals surface area contributed by atoms with E-state index in [0.717, 1.165) is 0 Å². The molecule has 0 fully saturated rings. The molecule has 0 saturated heterocycles. The summed E-state index contributed by atoms with van der Waals surface area (Å²) in [7, 11) is 0.